The van der Waals surface area contributed by atoms with Crippen molar-refractivity contribution in [2.24, 2.45) is 4.99 Å². The average molecular weight is 568 g/mol. The number of halogens is 1. The smallest absolute Gasteiger partial charge is 0.191 e. The molecule has 0 aliphatic carbocycles. The zero-order chi connectivity index (χ0) is 21.6. The molecule has 0 spiro atoms. The number of aliphatic imine (C=N–C) groups is 1. The van der Waals surface area contributed by atoms with Crippen molar-refractivity contribution in [2.45, 2.75) is 38.6 Å². The average Bonchev–Trinajstić information content (AvgIpc) is 3.43. The molecular weight excluding hydrogens is 539 g/mol. The molecule has 2 N–H and O–H groups in total. The van der Waals surface area contributed by atoms with Gasteiger partial charge in [-0.1, -0.05) is 0 Å². The maximum absolute atomic E-state index is 5.24. The van der Waals surface area contributed by atoms with E-state index in [0.717, 1.165) is 49.3 Å². The second-order valence-electron chi connectivity index (χ2n) is 7.36. The standard InChI is InChI=1S/C22H28N6O2S.HI/c1-23-22(25-16-6-11-21-26-20(14-29-2)27-28(21)13-16)24-12-18-9-10-19(31-18)15-4-7-17(30-3)8-5-15;/h4-5,7-10,16H,6,11-14H2,1-3H3,(H2,23,24,25);1H. The molecule has 0 bridgehead atoms. The van der Waals surface area contributed by atoms with Gasteiger partial charge < -0.3 is 20.1 Å². The molecule has 0 fully saturated rings. The molecule has 32 heavy (non-hydrogen) atoms. The van der Waals surface area contributed by atoms with Gasteiger partial charge in [0.25, 0.3) is 0 Å². The Bertz CT molecular complexity index is 1030. The molecule has 1 aliphatic rings. The van der Waals surface area contributed by atoms with Crippen molar-refractivity contribution in [3.63, 3.8) is 0 Å². The molecule has 10 heteroatoms. The van der Waals surface area contributed by atoms with Crippen LogP contribution in [0, 0.1) is 0 Å². The molecule has 1 aliphatic heterocycles. The van der Waals surface area contributed by atoms with E-state index in [4.69, 9.17) is 9.47 Å². The highest BCUT2D eigenvalue weighted by Gasteiger charge is 2.22. The molecule has 8 nitrogen and oxygen atoms in total. The Morgan fingerprint density at radius 3 is 2.75 bits per heavy atom. The lowest BCUT2D eigenvalue weighted by Gasteiger charge is -2.25. The fourth-order valence-corrected chi connectivity index (χ4v) is 4.56. The van der Waals surface area contributed by atoms with Gasteiger partial charge in [0.05, 0.1) is 20.2 Å². The van der Waals surface area contributed by atoms with Crippen LogP contribution in [0.1, 0.15) is 22.9 Å². The number of nitrogens with one attached hydrogen (secondary N) is 2. The maximum atomic E-state index is 5.24. The number of guanidine groups is 1. The van der Waals surface area contributed by atoms with E-state index in [2.05, 4.69) is 50.0 Å². The Balaban J connectivity index is 0.00000289. The zero-order valence-electron chi connectivity index (χ0n) is 18.5. The van der Waals surface area contributed by atoms with Crippen LogP contribution in [0.2, 0.25) is 0 Å². The summed E-state index contributed by atoms with van der Waals surface area (Å²) < 4.78 is 12.4. The molecule has 0 saturated carbocycles. The number of hydrogen-bond donors (Lipinski definition) is 2. The number of nitrogens with zero attached hydrogens (tertiary/aromatic N) is 4. The van der Waals surface area contributed by atoms with E-state index in [-0.39, 0.29) is 30.0 Å². The number of thiophene rings is 1. The Labute approximate surface area is 209 Å². The first-order valence-electron chi connectivity index (χ1n) is 10.3. The summed E-state index contributed by atoms with van der Waals surface area (Å²) in [4.78, 5) is 11.4. The largest absolute Gasteiger partial charge is 0.497 e. The van der Waals surface area contributed by atoms with Gasteiger partial charge in [-0.15, -0.1) is 35.3 Å². The van der Waals surface area contributed by atoms with Crippen molar-refractivity contribution in [1.82, 2.24) is 25.4 Å². The normalized spacial score (nSPS) is 15.6. The fraction of sp³-hybridized carbons (Fsp3) is 0.409. The number of methoxy groups -OCH3 is 2. The third-order valence-corrected chi connectivity index (χ3v) is 6.34. The third kappa shape index (κ3) is 5.99. The first kappa shape index (κ1) is 24.5. The lowest BCUT2D eigenvalue weighted by Crippen LogP contribution is -2.46. The van der Waals surface area contributed by atoms with Crippen LogP contribution in [0.25, 0.3) is 10.4 Å². The number of fused-ring (bicyclic) bond motifs is 1. The topological polar surface area (TPSA) is 85.6 Å². The Morgan fingerprint density at radius 1 is 1.22 bits per heavy atom. The summed E-state index contributed by atoms with van der Waals surface area (Å²) in [7, 11) is 5.14. The maximum Gasteiger partial charge on any atom is 0.191 e. The quantitative estimate of drug-likeness (QED) is 0.258. The second-order valence-corrected chi connectivity index (χ2v) is 8.53. The summed E-state index contributed by atoms with van der Waals surface area (Å²) in [6.07, 6.45) is 1.88. The highest BCUT2D eigenvalue weighted by molar-refractivity contribution is 14.0. The minimum atomic E-state index is 0. The number of benzene rings is 1. The first-order valence-corrected chi connectivity index (χ1v) is 11.1. The predicted molar refractivity (Wildman–Crippen MR) is 138 cm³/mol. The van der Waals surface area contributed by atoms with Crippen molar-refractivity contribution < 1.29 is 9.47 Å². The van der Waals surface area contributed by atoms with Crippen LogP contribution in [0.15, 0.2) is 41.4 Å². The van der Waals surface area contributed by atoms with Crippen LogP contribution in [0.3, 0.4) is 0 Å². The predicted octanol–water partition coefficient (Wildman–Crippen LogP) is 3.46. The molecule has 1 aromatic carbocycles. The molecule has 172 valence electrons. The van der Waals surface area contributed by atoms with Crippen molar-refractivity contribution in [3.05, 3.63) is 52.9 Å². The highest BCUT2D eigenvalue weighted by atomic mass is 127. The minimum absolute atomic E-state index is 0. The molecule has 2 aromatic heterocycles. The van der Waals surface area contributed by atoms with Crippen LogP contribution in [0.5, 0.6) is 5.75 Å². The van der Waals surface area contributed by atoms with Crippen LogP contribution in [0.4, 0.5) is 0 Å². The number of aromatic nitrogens is 3. The molecule has 3 aromatic rings. The highest BCUT2D eigenvalue weighted by Crippen LogP contribution is 2.29. The van der Waals surface area contributed by atoms with Gasteiger partial charge in [0.2, 0.25) is 0 Å². The Morgan fingerprint density at radius 2 is 2.03 bits per heavy atom. The van der Waals surface area contributed by atoms with E-state index >= 15 is 0 Å². The van der Waals surface area contributed by atoms with Crippen molar-refractivity contribution in [2.75, 3.05) is 21.3 Å². The van der Waals surface area contributed by atoms with E-state index in [0.29, 0.717) is 6.61 Å². The van der Waals surface area contributed by atoms with Gasteiger partial charge in [0.15, 0.2) is 11.8 Å². The van der Waals surface area contributed by atoms with Crippen molar-refractivity contribution in [3.8, 4) is 16.2 Å². The van der Waals surface area contributed by atoms with Crippen molar-refractivity contribution in [1.29, 1.82) is 0 Å². The van der Waals surface area contributed by atoms with E-state index < -0.39 is 0 Å². The molecule has 3 heterocycles. The van der Waals surface area contributed by atoms with Gasteiger partial charge in [0.1, 0.15) is 18.2 Å². The molecule has 0 saturated heterocycles. The molecule has 0 amide bonds. The van der Waals surface area contributed by atoms with Crippen LogP contribution in [-0.2, 0) is 30.9 Å². The summed E-state index contributed by atoms with van der Waals surface area (Å²) in [5.74, 6) is 3.43. The van der Waals surface area contributed by atoms with Gasteiger partial charge in [-0.2, -0.15) is 5.10 Å². The molecule has 1 atom stereocenters. The SMILES string of the molecule is CN=C(NCc1ccc(-c2ccc(OC)cc2)s1)NC1CCc2nc(COC)nn2C1.I. The van der Waals surface area contributed by atoms with Gasteiger partial charge >= 0.3 is 0 Å². The number of aryl methyl sites for hydroxylation is 1. The Hall–Kier alpha value is -2.18. The van der Waals surface area contributed by atoms with Crippen LogP contribution >= 0.6 is 35.3 Å². The summed E-state index contributed by atoms with van der Waals surface area (Å²) in [5.41, 5.74) is 1.19. The summed E-state index contributed by atoms with van der Waals surface area (Å²) >= 11 is 1.78. The molecule has 4 rings (SSSR count). The van der Waals surface area contributed by atoms with Gasteiger partial charge in [-0.3, -0.25) is 4.99 Å². The summed E-state index contributed by atoms with van der Waals surface area (Å²) in [6, 6.07) is 12.7. The van der Waals surface area contributed by atoms with E-state index in [1.54, 1.807) is 32.6 Å². The van der Waals surface area contributed by atoms with Gasteiger partial charge in [-0.05, 0) is 48.4 Å². The molecular formula is C22H29IN6O2S. The monoisotopic (exact) mass is 568 g/mol. The molecule has 0 radical (unpaired) electrons. The first-order chi connectivity index (χ1) is 15.2. The summed E-state index contributed by atoms with van der Waals surface area (Å²) in [5, 5.41) is 11.5. The van der Waals surface area contributed by atoms with E-state index in [1.165, 1.54) is 15.3 Å². The van der Waals surface area contributed by atoms with E-state index in [9.17, 15) is 0 Å². The number of ether oxygens (including phenoxy) is 2. The van der Waals surface area contributed by atoms with Crippen LogP contribution < -0.4 is 15.4 Å². The second kappa shape index (κ2) is 11.6. The Kier molecular flexibility index (Phi) is 8.88. The zero-order valence-corrected chi connectivity index (χ0v) is 21.6. The minimum Gasteiger partial charge on any atom is -0.497 e. The fourth-order valence-electron chi connectivity index (χ4n) is 3.61. The third-order valence-electron chi connectivity index (χ3n) is 5.21. The van der Waals surface area contributed by atoms with Crippen molar-refractivity contribution >= 4 is 41.3 Å². The van der Waals surface area contributed by atoms with Crippen LogP contribution in [-0.4, -0.2) is 48.0 Å². The lowest BCUT2D eigenvalue weighted by atomic mass is 10.1. The number of hydrogen-bond acceptors (Lipinski definition) is 6. The van der Waals surface area contributed by atoms with Gasteiger partial charge in [0, 0.05) is 36.4 Å². The van der Waals surface area contributed by atoms with E-state index in [1.807, 2.05) is 16.8 Å². The number of rotatable bonds is 7. The lowest BCUT2D eigenvalue weighted by molar-refractivity contribution is 0.177. The summed E-state index contributed by atoms with van der Waals surface area (Å²) in [6.45, 7) is 1.94. The van der Waals surface area contributed by atoms with Gasteiger partial charge in [-0.25, -0.2) is 9.67 Å². The molecule has 1 unspecified atom stereocenters.